The Balaban J connectivity index is 0.00000320. The molecule has 8 heteroatoms. The molecule has 0 radical (unpaired) electrons. The Morgan fingerprint density at radius 2 is 1.87 bits per heavy atom. The number of rotatable bonds is 7. The zero-order valence-corrected chi connectivity index (χ0v) is 19.3. The van der Waals surface area contributed by atoms with E-state index < -0.39 is 6.10 Å². The van der Waals surface area contributed by atoms with Gasteiger partial charge in [0.25, 0.3) is 0 Å². The van der Waals surface area contributed by atoms with Gasteiger partial charge in [-0.25, -0.2) is 9.38 Å². The van der Waals surface area contributed by atoms with Gasteiger partial charge in [-0.2, -0.15) is 0 Å². The first kappa shape index (κ1) is 24.1. The Labute approximate surface area is 193 Å². The molecule has 1 unspecified atom stereocenters. The molecule has 1 fully saturated rings. The number of aliphatic imine (C=N–C) groups is 1. The molecule has 1 aliphatic heterocycles. The van der Waals surface area contributed by atoms with Crippen LogP contribution in [0.3, 0.4) is 0 Å². The van der Waals surface area contributed by atoms with Crippen molar-refractivity contribution in [3.8, 4) is 0 Å². The highest BCUT2D eigenvalue weighted by atomic mass is 127. The molecular formula is C22H28FIN4O2. The van der Waals surface area contributed by atoms with Crippen LogP contribution in [0, 0.1) is 5.82 Å². The number of benzene rings is 2. The first-order valence-corrected chi connectivity index (χ1v) is 9.92. The van der Waals surface area contributed by atoms with Gasteiger partial charge in [0.2, 0.25) is 5.91 Å². The summed E-state index contributed by atoms with van der Waals surface area (Å²) in [6.07, 6.45) is 0.761. The molecule has 3 rings (SSSR count). The fraction of sp³-hybridized carbons (Fsp3) is 0.364. The molecule has 1 aliphatic rings. The van der Waals surface area contributed by atoms with E-state index in [2.05, 4.69) is 15.6 Å². The number of carbonyl (C=O) groups excluding carboxylic acids is 1. The van der Waals surface area contributed by atoms with Gasteiger partial charge in [0, 0.05) is 31.7 Å². The van der Waals surface area contributed by atoms with E-state index >= 15 is 0 Å². The lowest BCUT2D eigenvalue weighted by molar-refractivity contribution is -0.117. The van der Waals surface area contributed by atoms with Crippen molar-refractivity contribution in [1.82, 2.24) is 10.6 Å². The Bertz CT molecular complexity index is 843. The summed E-state index contributed by atoms with van der Waals surface area (Å²) < 4.78 is 13.0. The van der Waals surface area contributed by atoms with E-state index in [-0.39, 0.29) is 42.2 Å². The third-order valence-electron chi connectivity index (χ3n) is 4.80. The van der Waals surface area contributed by atoms with Crippen molar-refractivity contribution in [3.05, 3.63) is 65.5 Å². The molecule has 1 atom stereocenters. The normalized spacial score (nSPS) is 15.0. The molecule has 0 bridgehead atoms. The zero-order valence-electron chi connectivity index (χ0n) is 17.0. The molecule has 0 saturated carbocycles. The molecule has 3 N–H and O–H groups in total. The molecular weight excluding hydrogens is 498 g/mol. The van der Waals surface area contributed by atoms with E-state index in [1.807, 2.05) is 36.1 Å². The van der Waals surface area contributed by atoms with Crippen molar-refractivity contribution in [2.24, 2.45) is 4.99 Å². The van der Waals surface area contributed by atoms with E-state index in [9.17, 15) is 14.3 Å². The molecule has 162 valence electrons. The van der Waals surface area contributed by atoms with Gasteiger partial charge in [0.05, 0.1) is 12.6 Å². The number of guanidine groups is 1. The topological polar surface area (TPSA) is 77.0 Å². The molecule has 1 heterocycles. The van der Waals surface area contributed by atoms with Gasteiger partial charge in [-0.3, -0.25) is 4.79 Å². The predicted molar refractivity (Wildman–Crippen MR) is 128 cm³/mol. The largest absolute Gasteiger partial charge is 0.387 e. The summed E-state index contributed by atoms with van der Waals surface area (Å²) >= 11 is 0. The Morgan fingerprint density at radius 3 is 2.47 bits per heavy atom. The lowest BCUT2D eigenvalue weighted by atomic mass is 10.1. The zero-order chi connectivity index (χ0) is 20.6. The van der Waals surface area contributed by atoms with Gasteiger partial charge in [-0.1, -0.05) is 24.3 Å². The van der Waals surface area contributed by atoms with Crippen molar-refractivity contribution in [3.63, 3.8) is 0 Å². The number of halogens is 2. The predicted octanol–water partition coefficient (Wildman–Crippen LogP) is 3.36. The van der Waals surface area contributed by atoms with Crippen molar-refractivity contribution in [2.45, 2.75) is 32.4 Å². The Kier molecular flexibility index (Phi) is 9.51. The molecule has 1 saturated heterocycles. The number of nitrogens with one attached hydrogen (secondary N) is 2. The number of nitrogens with zero attached hydrogens (tertiary/aromatic N) is 2. The second-order valence-electron chi connectivity index (χ2n) is 6.96. The molecule has 2 aromatic rings. The quantitative estimate of drug-likeness (QED) is 0.294. The summed E-state index contributed by atoms with van der Waals surface area (Å²) in [5, 5.41) is 16.5. The third kappa shape index (κ3) is 6.66. The van der Waals surface area contributed by atoms with Crippen LogP contribution in [0.1, 0.15) is 37.0 Å². The highest BCUT2D eigenvalue weighted by Crippen LogP contribution is 2.21. The van der Waals surface area contributed by atoms with E-state index in [1.54, 1.807) is 12.1 Å². The highest BCUT2D eigenvalue weighted by molar-refractivity contribution is 14.0. The molecule has 1 amide bonds. The van der Waals surface area contributed by atoms with E-state index in [0.717, 1.165) is 24.2 Å². The SMILES string of the molecule is CCNC(=NCc1ccc(N2CCCC2=O)cc1)NCC(O)c1ccc(F)cc1.I. The summed E-state index contributed by atoms with van der Waals surface area (Å²) in [4.78, 5) is 18.2. The van der Waals surface area contributed by atoms with Gasteiger partial charge in [0.15, 0.2) is 5.96 Å². The van der Waals surface area contributed by atoms with E-state index in [0.29, 0.717) is 31.0 Å². The van der Waals surface area contributed by atoms with Crippen molar-refractivity contribution in [1.29, 1.82) is 0 Å². The van der Waals surface area contributed by atoms with Gasteiger partial charge in [-0.15, -0.1) is 24.0 Å². The van der Waals surface area contributed by atoms with Crippen LogP contribution >= 0.6 is 24.0 Å². The van der Waals surface area contributed by atoms with E-state index in [4.69, 9.17) is 0 Å². The van der Waals surface area contributed by atoms with Crippen molar-refractivity contribution in [2.75, 3.05) is 24.5 Å². The van der Waals surface area contributed by atoms with Crippen LogP contribution < -0.4 is 15.5 Å². The lowest BCUT2D eigenvalue weighted by Crippen LogP contribution is -2.39. The molecule has 0 spiro atoms. The average molecular weight is 526 g/mol. The molecule has 6 nitrogen and oxygen atoms in total. The number of aliphatic hydroxyl groups excluding tert-OH is 1. The van der Waals surface area contributed by atoms with Crippen LogP contribution in [0.25, 0.3) is 0 Å². The summed E-state index contributed by atoms with van der Waals surface area (Å²) in [5.74, 6) is 0.436. The standard InChI is InChI=1S/C22H27FN4O2.HI/c1-2-24-22(26-15-20(28)17-7-9-18(23)10-8-17)25-14-16-5-11-19(12-6-16)27-13-3-4-21(27)29;/h5-12,20,28H,2-4,13-15H2,1H3,(H2,24,25,26);1H. The smallest absolute Gasteiger partial charge is 0.227 e. The molecule has 0 aliphatic carbocycles. The lowest BCUT2D eigenvalue weighted by Gasteiger charge is -2.16. The van der Waals surface area contributed by atoms with Crippen LogP contribution in [0.2, 0.25) is 0 Å². The summed E-state index contributed by atoms with van der Waals surface area (Å²) in [6, 6.07) is 13.6. The van der Waals surface area contributed by atoms with Crippen LogP contribution in [-0.2, 0) is 11.3 Å². The first-order valence-electron chi connectivity index (χ1n) is 9.92. The minimum absolute atomic E-state index is 0. The number of hydrogen-bond donors (Lipinski definition) is 3. The maximum atomic E-state index is 13.0. The van der Waals surface area contributed by atoms with Gasteiger partial charge < -0.3 is 20.6 Å². The van der Waals surface area contributed by atoms with Crippen LogP contribution in [0.15, 0.2) is 53.5 Å². The fourth-order valence-corrected chi connectivity index (χ4v) is 3.21. The van der Waals surface area contributed by atoms with E-state index in [1.165, 1.54) is 12.1 Å². The van der Waals surface area contributed by atoms with Crippen molar-refractivity contribution < 1.29 is 14.3 Å². The van der Waals surface area contributed by atoms with Crippen LogP contribution in [0.5, 0.6) is 0 Å². The summed E-state index contributed by atoms with van der Waals surface area (Å²) in [5.41, 5.74) is 2.59. The number of carbonyl (C=O) groups is 1. The van der Waals surface area contributed by atoms with Crippen LogP contribution in [0.4, 0.5) is 10.1 Å². The number of aliphatic hydroxyl groups is 1. The molecule has 2 aromatic carbocycles. The Hall–Kier alpha value is -2.20. The monoisotopic (exact) mass is 526 g/mol. The number of amides is 1. The number of anilines is 1. The van der Waals surface area contributed by atoms with Gasteiger partial charge >= 0.3 is 0 Å². The molecule has 0 aromatic heterocycles. The summed E-state index contributed by atoms with van der Waals surface area (Å²) in [7, 11) is 0. The minimum Gasteiger partial charge on any atom is -0.387 e. The summed E-state index contributed by atoms with van der Waals surface area (Å²) in [6.45, 7) is 4.16. The molecule has 30 heavy (non-hydrogen) atoms. The fourth-order valence-electron chi connectivity index (χ4n) is 3.21. The first-order chi connectivity index (χ1) is 14.1. The van der Waals surface area contributed by atoms with Crippen molar-refractivity contribution >= 4 is 41.5 Å². The second-order valence-corrected chi connectivity index (χ2v) is 6.96. The second kappa shape index (κ2) is 11.8. The number of hydrogen-bond acceptors (Lipinski definition) is 3. The van der Waals surface area contributed by atoms with Gasteiger partial charge in [-0.05, 0) is 48.7 Å². The van der Waals surface area contributed by atoms with Gasteiger partial charge in [0.1, 0.15) is 5.82 Å². The average Bonchev–Trinajstić information content (AvgIpc) is 3.16. The Morgan fingerprint density at radius 1 is 1.17 bits per heavy atom. The highest BCUT2D eigenvalue weighted by Gasteiger charge is 2.21. The minimum atomic E-state index is -0.767. The third-order valence-corrected chi connectivity index (χ3v) is 4.80. The van der Waals surface area contributed by atoms with Crippen LogP contribution in [-0.4, -0.2) is 36.6 Å². The maximum Gasteiger partial charge on any atom is 0.227 e. The maximum absolute atomic E-state index is 13.0.